The van der Waals surface area contributed by atoms with Gasteiger partial charge in [-0.2, -0.15) is 0 Å². The van der Waals surface area contributed by atoms with E-state index in [0.717, 1.165) is 37.4 Å². The summed E-state index contributed by atoms with van der Waals surface area (Å²) in [6.07, 6.45) is 4.30. The number of halogens is 1. The third-order valence-corrected chi connectivity index (χ3v) is 5.95. The van der Waals surface area contributed by atoms with Crippen LogP contribution < -0.4 is 5.32 Å². The van der Waals surface area contributed by atoms with Gasteiger partial charge < -0.3 is 10.2 Å². The fourth-order valence-corrected chi connectivity index (χ4v) is 4.46. The lowest BCUT2D eigenvalue weighted by Crippen LogP contribution is -2.45. The van der Waals surface area contributed by atoms with Gasteiger partial charge in [0.05, 0.1) is 12.5 Å². The first-order valence-electron chi connectivity index (χ1n) is 9.00. The number of carbonyl (C=O) groups is 3. The van der Waals surface area contributed by atoms with Crippen molar-refractivity contribution in [2.45, 2.75) is 44.7 Å². The molecule has 1 saturated carbocycles. The van der Waals surface area contributed by atoms with Gasteiger partial charge in [0.15, 0.2) is 5.12 Å². The highest BCUT2D eigenvalue weighted by Gasteiger charge is 2.33. The van der Waals surface area contributed by atoms with Crippen LogP contribution in [0, 0.1) is 11.7 Å². The third-order valence-electron chi connectivity index (χ3n) is 4.89. The van der Waals surface area contributed by atoms with E-state index in [0.29, 0.717) is 11.3 Å². The molecule has 1 saturated heterocycles. The molecule has 2 amide bonds. The zero-order chi connectivity index (χ0) is 18.5. The van der Waals surface area contributed by atoms with Gasteiger partial charge in [-0.05, 0) is 18.9 Å². The largest absolute Gasteiger partial charge is 0.352 e. The Morgan fingerprint density at radius 3 is 2.62 bits per heavy atom. The maximum atomic E-state index is 14.0. The van der Waals surface area contributed by atoms with E-state index in [1.54, 1.807) is 18.2 Å². The van der Waals surface area contributed by atoms with Crippen LogP contribution in [0.2, 0.25) is 0 Å². The molecule has 1 aromatic carbocycles. The first-order chi connectivity index (χ1) is 12.5. The van der Waals surface area contributed by atoms with Gasteiger partial charge in [-0.25, -0.2) is 4.39 Å². The maximum absolute atomic E-state index is 14.0. The van der Waals surface area contributed by atoms with E-state index in [1.807, 2.05) is 0 Å². The van der Waals surface area contributed by atoms with Crippen LogP contribution in [0.15, 0.2) is 24.3 Å². The summed E-state index contributed by atoms with van der Waals surface area (Å²) in [6.45, 7) is -0.0853. The molecular weight excluding hydrogens is 355 g/mol. The van der Waals surface area contributed by atoms with Gasteiger partial charge in [-0.3, -0.25) is 14.4 Å². The van der Waals surface area contributed by atoms with Crippen LogP contribution in [0.25, 0.3) is 0 Å². The van der Waals surface area contributed by atoms with Crippen molar-refractivity contribution in [3.8, 4) is 0 Å². The monoisotopic (exact) mass is 378 g/mol. The van der Waals surface area contributed by atoms with Crippen LogP contribution in [-0.4, -0.2) is 40.2 Å². The molecular formula is C19H23FN2O3S. The standard InChI is InChI=1S/C19H23FN2O3S/c20-16-8-4-1-5-13(16)10-22(19(25)14-9-18(24)26-12-14)11-17(23)21-15-6-2-3-7-15/h1,4-5,8,14-15H,2-3,6-7,9-12H2,(H,21,23)/t14-/m1/s1. The lowest BCUT2D eigenvalue weighted by molar-refractivity contribution is -0.140. The van der Waals surface area contributed by atoms with Crippen LogP contribution >= 0.6 is 11.8 Å². The van der Waals surface area contributed by atoms with Crippen LogP contribution in [0.5, 0.6) is 0 Å². The predicted octanol–water partition coefficient (Wildman–Crippen LogP) is 2.49. The Hall–Kier alpha value is -1.89. The quantitative estimate of drug-likeness (QED) is 0.826. The Morgan fingerprint density at radius 2 is 1.96 bits per heavy atom. The number of rotatable bonds is 6. The Labute approximate surface area is 156 Å². The third kappa shape index (κ3) is 4.84. The van der Waals surface area contributed by atoms with E-state index in [4.69, 9.17) is 0 Å². The average Bonchev–Trinajstić information content (AvgIpc) is 3.27. The van der Waals surface area contributed by atoms with Gasteiger partial charge in [0.1, 0.15) is 5.82 Å². The molecule has 1 aromatic rings. The van der Waals surface area contributed by atoms with Gasteiger partial charge in [0.2, 0.25) is 11.8 Å². The molecule has 0 radical (unpaired) electrons. The Kier molecular flexibility index (Phi) is 6.29. The Morgan fingerprint density at radius 1 is 1.23 bits per heavy atom. The summed E-state index contributed by atoms with van der Waals surface area (Å²) in [5.41, 5.74) is 0.367. The molecule has 0 bridgehead atoms. The minimum atomic E-state index is -0.432. The molecule has 26 heavy (non-hydrogen) atoms. The van der Waals surface area contributed by atoms with Gasteiger partial charge in [0.25, 0.3) is 0 Å². The van der Waals surface area contributed by atoms with Gasteiger partial charge in [-0.15, -0.1) is 0 Å². The topological polar surface area (TPSA) is 66.5 Å². The smallest absolute Gasteiger partial charge is 0.239 e. The van der Waals surface area contributed by atoms with E-state index in [9.17, 15) is 18.8 Å². The summed E-state index contributed by atoms with van der Waals surface area (Å²) in [4.78, 5) is 38.1. The maximum Gasteiger partial charge on any atom is 0.239 e. The first-order valence-corrected chi connectivity index (χ1v) is 9.98. The molecule has 5 nitrogen and oxygen atoms in total. The molecule has 2 aliphatic rings. The summed E-state index contributed by atoms with van der Waals surface area (Å²) in [6, 6.07) is 6.40. The summed E-state index contributed by atoms with van der Waals surface area (Å²) in [5, 5.41) is 2.96. The molecule has 1 atom stereocenters. The Bertz CT molecular complexity index is 691. The van der Waals surface area contributed by atoms with E-state index in [2.05, 4.69) is 5.32 Å². The normalized spacial score (nSPS) is 20.3. The van der Waals surface area contributed by atoms with Crippen LogP contribution in [-0.2, 0) is 20.9 Å². The Balaban J connectivity index is 1.69. The van der Waals surface area contributed by atoms with Crippen molar-refractivity contribution in [1.29, 1.82) is 0 Å². The average molecular weight is 378 g/mol. The fraction of sp³-hybridized carbons (Fsp3) is 0.526. The van der Waals surface area contributed by atoms with Gasteiger partial charge in [-0.1, -0.05) is 42.8 Å². The number of amides is 2. The van der Waals surface area contributed by atoms with Crippen molar-refractivity contribution in [3.05, 3.63) is 35.6 Å². The van der Waals surface area contributed by atoms with Gasteiger partial charge >= 0.3 is 0 Å². The molecule has 140 valence electrons. The summed E-state index contributed by atoms with van der Waals surface area (Å²) in [5.74, 6) is -0.890. The zero-order valence-electron chi connectivity index (χ0n) is 14.6. The molecule has 1 N–H and O–H groups in total. The fourth-order valence-electron chi connectivity index (χ4n) is 3.49. The molecule has 1 aliphatic heterocycles. The number of hydrogen-bond donors (Lipinski definition) is 1. The molecule has 1 aliphatic carbocycles. The first kappa shape index (κ1) is 18.9. The van der Waals surface area contributed by atoms with Crippen molar-refractivity contribution in [2.24, 2.45) is 5.92 Å². The minimum absolute atomic E-state index is 0.00963. The van der Waals surface area contributed by atoms with Crippen molar-refractivity contribution in [3.63, 3.8) is 0 Å². The molecule has 2 fully saturated rings. The lowest BCUT2D eigenvalue weighted by atomic mass is 10.1. The summed E-state index contributed by atoms with van der Waals surface area (Å²) < 4.78 is 14.0. The summed E-state index contributed by atoms with van der Waals surface area (Å²) in [7, 11) is 0. The second-order valence-corrected chi connectivity index (χ2v) is 8.00. The highest BCUT2D eigenvalue weighted by Crippen LogP contribution is 2.27. The number of carbonyl (C=O) groups excluding carboxylic acids is 3. The number of thioether (sulfide) groups is 1. The molecule has 7 heteroatoms. The van der Waals surface area contributed by atoms with E-state index >= 15 is 0 Å². The van der Waals surface area contributed by atoms with Crippen molar-refractivity contribution in [2.75, 3.05) is 12.3 Å². The number of nitrogens with zero attached hydrogens (tertiary/aromatic N) is 1. The highest BCUT2D eigenvalue weighted by atomic mass is 32.2. The number of benzene rings is 1. The van der Waals surface area contributed by atoms with Crippen LogP contribution in [0.1, 0.15) is 37.7 Å². The van der Waals surface area contributed by atoms with Crippen LogP contribution in [0.4, 0.5) is 4.39 Å². The van der Waals surface area contributed by atoms with Gasteiger partial charge in [0, 0.05) is 30.3 Å². The van der Waals surface area contributed by atoms with E-state index < -0.39 is 11.7 Å². The van der Waals surface area contributed by atoms with Crippen LogP contribution in [0.3, 0.4) is 0 Å². The number of nitrogens with one attached hydrogen (secondary N) is 1. The molecule has 0 unspecified atom stereocenters. The summed E-state index contributed by atoms with van der Waals surface area (Å²) >= 11 is 1.14. The zero-order valence-corrected chi connectivity index (χ0v) is 15.4. The van der Waals surface area contributed by atoms with E-state index in [1.165, 1.54) is 11.0 Å². The van der Waals surface area contributed by atoms with E-state index in [-0.39, 0.29) is 42.5 Å². The molecule has 3 rings (SSSR count). The second kappa shape index (κ2) is 8.66. The number of hydrogen-bond acceptors (Lipinski definition) is 4. The lowest BCUT2D eigenvalue weighted by Gasteiger charge is -2.26. The highest BCUT2D eigenvalue weighted by molar-refractivity contribution is 8.14. The van der Waals surface area contributed by atoms with Crippen molar-refractivity contribution >= 4 is 28.7 Å². The van der Waals surface area contributed by atoms with Crippen molar-refractivity contribution < 1.29 is 18.8 Å². The minimum Gasteiger partial charge on any atom is -0.352 e. The molecule has 0 aromatic heterocycles. The predicted molar refractivity (Wildman–Crippen MR) is 97.8 cm³/mol. The van der Waals surface area contributed by atoms with Crippen molar-refractivity contribution in [1.82, 2.24) is 10.2 Å². The molecule has 0 spiro atoms. The second-order valence-electron chi connectivity index (χ2n) is 6.92. The SMILES string of the molecule is O=C(CN(Cc1ccccc1F)C(=O)[C@H]1CSC(=O)C1)NC1CCCC1. The molecule has 1 heterocycles.